The Hall–Kier alpha value is -1.06. The molecule has 23 heavy (non-hydrogen) atoms. The summed E-state index contributed by atoms with van der Waals surface area (Å²) in [6.45, 7) is 7.65. The molecule has 1 aliphatic heterocycles. The molecule has 0 aromatic rings. The summed E-state index contributed by atoms with van der Waals surface area (Å²) in [5.41, 5.74) is 0.786. The van der Waals surface area contributed by atoms with Gasteiger partial charge >= 0.3 is 5.97 Å². The second kappa shape index (κ2) is 4.73. The first-order valence-corrected chi connectivity index (χ1v) is 9.24. The molecular weight excluding hydrogens is 290 g/mol. The fourth-order valence-electron chi connectivity index (χ4n) is 7.27. The Kier molecular flexibility index (Phi) is 3.18. The fourth-order valence-corrected chi connectivity index (χ4v) is 7.27. The van der Waals surface area contributed by atoms with Gasteiger partial charge in [-0.2, -0.15) is 0 Å². The zero-order valence-corrected chi connectivity index (χ0v) is 14.7. The van der Waals surface area contributed by atoms with Crippen molar-refractivity contribution in [1.29, 1.82) is 0 Å². The molecule has 1 amide bonds. The van der Waals surface area contributed by atoms with Gasteiger partial charge in [0.15, 0.2) is 0 Å². The van der Waals surface area contributed by atoms with E-state index in [1.807, 2.05) is 6.92 Å². The monoisotopic (exact) mass is 319 g/mol. The van der Waals surface area contributed by atoms with Crippen LogP contribution in [0.2, 0.25) is 0 Å². The Balaban J connectivity index is 1.60. The minimum absolute atomic E-state index is 0.0151. The maximum Gasteiger partial charge on any atom is 0.311 e. The summed E-state index contributed by atoms with van der Waals surface area (Å²) in [5, 5.41) is 0. The second-order valence-electron chi connectivity index (χ2n) is 9.51. The van der Waals surface area contributed by atoms with Gasteiger partial charge in [-0.25, -0.2) is 0 Å². The fraction of sp³-hybridized carbons (Fsp3) is 0.895. The Morgan fingerprint density at radius 1 is 1.17 bits per heavy atom. The van der Waals surface area contributed by atoms with E-state index in [1.165, 1.54) is 19.3 Å². The number of ether oxygens (including phenoxy) is 1. The zero-order chi connectivity index (χ0) is 16.5. The second-order valence-corrected chi connectivity index (χ2v) is 9.51. The molecule has 0 radical (unpaired) electrons. The molecule has 0 unspecified atom stereocenters. The molecule has 4 saturated carbocycles. The van der Waals surface area contributed by atoms with E-state index in [-0.39, 0.29) is 23.3 Å². The molecule has 5 fully saturated rings. The van der Waals surface area contributed by atoms with Gasteiger partial charge in [-0.3, -0.25) is 9.59 Å². The van der Waals surface area contributed by atoms with Crippen LogP contribution in [0.4, 0.5) is 0 Å². The van der Waals surface area contributed by atoms with Crippen molar-refractivity contribution in [3.63, 3.8) is 0 Å². The molecular formula is C19H29NO3. The minimum Gasteiger partial charge on any atom is -0.466 e. The van der Waals surface area contributed by atoms with Gasteiger partial charge in [-0.05, 0) is 62.2 Å². The molecule has 3 atom stereocenters. The topological polar surface area (TPSA) is 46.6 Å². The lowest BCUT2D eigenvalue weighted by Crippen LogP contribution is -2.65. The standard InChI is InChI=1S/C19H29NO3/c1-4-23-16(22)14-5-15(21)20(9-14)19-8-13-6-17(2,11-19)10-18(3,7-13)12-19/h13-14H,4-12H2,1-3H3/t13?,14-,17-,18-,19?/m0/s1. The smallest absolute Gasteiger partial charge is 0.311 e. The molecule has 128 valence electrons. The van der Waals surface area contributed by atoms with Crippen LogP contribution < -0.4 is 0 Å². The summed E-state index contributed by atoms with van der Waals surface area (Å²) in [4.78, 5) is 26.9. The lowest BCUT2D eigenvalue weighted by Gasteiger charge is -2.67. The average molecular weight is 319 g/mol. The molecule has 0 spiro atoms. The van der Waals surface area contributed by atoms with Crippen LogP contribution in [0.5, 0.6) is 0 Å². The van der Waals surface area contributed by atoms with E-state index in [1.54, 1.807) is 0 Å². The van der Waals surface area contributed by atoms with Crippen molar-refractivity contribution in [2.24, 2.45) is 22.7 Å². The van der Waals surface area contributed by atoms with Gasteiger partial charge in [0, 0.05) is 18.5 Å². The molecule has 0 N–H and O–H groups in total. The van der Waals surface area contributed by atoms with Crippen molar-refractivity contribution in [1.82, 2.24) is 4.90 Å². The number of likely N-dealkylation sites (tertiary alicyclic amines) is 1. The van der Waals surface area contributed by atoms with Gasteiger partial charge in [0.05, 0.1) is 12.5 Å². The van der Waals surface area contributed by atoms with Crippen molar-refractivity contribution < 1.29 is 14.3 Å². The first-order chi connectivity index (χ1) is 10.8. The SMILES string of the molecule is CCOC(=O)[C@H]1CC(=O)N(C23CC4C[C@](C)(C2)C[C@](C)(C4)C3)C1. The van der Waals surface area contributed by atoms with Crippen LogP contribution in [-0.4, -0.2) is 35.5 Å². The van der Waals surface area contributed by atoms with Gasteiger partial charge in [0.1, 0.15) is 0 Å². The Morgan fingerprint density at radius 2 is 1.83 bits per heavy atom. The summed E-state index contributed by atoms with van der Waals surface area (Å²) in [6, 6.07) is 0. The Morgan fingerprint density at radius 3 is 2.39 bits per heavy atom. The first-order valence-electron chi connectivity index (χ1n) is 9.24. The van der Waals surface area contributed by atoms with Crippen LogP contribution in [0.25, 0.3) is 0 Å². The third-order valence-electron chi connectivity index (χ3n) is 6.91. The molecule has 4 nitrogen and oxygen atoms in total. The highest BCUT2D eigenvalue weighted by Crippen LogP contribution is 2.68. The average Bonchev–Trinajstić information content (AvgIpc) is 2.77. The molecule has 4 bridgehead atoms. The summed E-state index contributed by atoms with van der Waals surface area (Å²) in [5.74, 6) is 0.495. The highest BCUT2D eigenvalue weighted by molar-refractivity contribution is 5.87. The van der Waals surface area contributed by atoms with E-state index in [9.17, 15) is 9.59 Å². The van der Waals surface area contributed by atoms with E-state index >= 15 is 0 Å². The van der Waals surface area contributed by atoms with Crippen LogP contribution >= 0.6 is 0 Å². The van der Waals surface area contributed by atoms with Crippen LogP contribution in [-0.2, 0) is 14.3 Å². The maximum absolute atomic E-state index is 12.7. The van der Waals surface area contributed by atoms with Crippen LogP contribution in [0.3, 0.4) is 0 Å². The largest absolute Gasteiger partial charge is 0.466 e. The van der Waals surface area contributed by atoms with Gasteiger partial charge in [-0.15, -0.1) is 0 Å². The number of hydrogen-bond acceptors (Lipinski definition) is 3. The van der Waals surface area contributed by atoms with Gasteiger partial charge in [0.2, 0.25) is 5.91 Å². The molecule has 0 aromatic heterocycles. The van der Waals surface area contributed by atoms with E-state index in [0.29, 0.717) is 30.4 Å². The molecule has 5 aliphatic rings. The van der Waals surface area contributed by atoms with Gasteiger partial charge in [-0.1, -0.05) is 13.8 Å². The molecule has 1 heterocycles. The summed E-state index contributed by atoms with van der Waals surface area (Å²) < 4.78 is 5.16. The molecule has 4 heteroatoms. The van der Waals surface area contributed by atoms with E-state index in [0.717, 1.165) is 25.2 Å². The lowest BCUT2D eigenvalue weighted by atomic mass is 9.42. The third kappa shape index (κ3) is 2.32. The van der Waals surface area contributed by atoms with Crippen LogP contribution in [0.1, 0.15) is 65.7 Å². The summed E-state index contributed by atoms with van der Waals surface area (Å²) in [7, 11) is 0. The van der Waals surface area contributed by atoms with E-state index in [2.05, 4.69) is 18.7 Å². The number of rotatable bonds is 3. The van der Waals surface area contributed by atoms with E-state index < -0.39 is 0 Å². The quantitative estimate of drug-likeness (QED) is 0.751. The minimum atomic E-state index is -0.254. The number of nitrogens with zero attached hydrogens (tertiary/aromatic N) is 1. The number of hydrogen-bond donors (Lipinski definition) is 0. The van der Waals surface area contributed by atoms with Gasteiger partial charge < -0.3 is 9.64 Å². The Labute approximate surface area is 138 Å². The number of amides is 1. The third-order valence-corrected chi connectivity index (χ3v) is 6.91. The molecule has 4 aliphatic carbocycles. The zero-order valence-electron chi connectivity index (χ0n) is 14.7. The Bertz CT molecular complexity index is 539. The van der Waals surface area contributed by atoms with Crippen LogP contribution in [0, 0.1) is 22.7 Å². The molecule has 0 aromatic carbocycles. The predicted octanol–water partition coefficient (Wildman–Crippen LogP) is 3.15. The molecule has 1 saturated heterocycles. The molecule has 5 rings (SSSR count). The summed E-state index contributed by atoms with van der Waals surface area (Å²) >= 11 is 0. The van der Waals surface area contributed by atoms with Crippen molar-refractivity contribution in [2.75, 3.05) is 13.2 Å². The lowest BCUT2D eigenvalue weighted by molar-refractivity contribution is -0.170. The predicted molar refractivity (Wildman–Crippen MR) is 86.6 cm³/mol. The van der Waals surface area contributed by atoms with E-state index in [4.69, 9.17) is 4.74 Å². The van der Waals surface area contributed by atoms with Crippen molar-refractivity contribution in [3.8, 4) is 0 Å². The van der Waals surface area contributed by atoms with Crippen molar-refractivity contribution in [3.05, 3.63) is 0 Å². The van der Waals surface area contributed by atoms with Crippen molar-refractivity contribution >= 4 is 11.9 Å². The van der Waals surface area contributed by atoms with Crippen LogP contribution in [0.15, 0.2) is 0 Å². The highest BCUT2D eigenvalue weighted by Gasteiger charge is 2.63. The maximum atomic E-state index is 12.7. The van der Waals surface area contributed by atoms with Gasteiger partial charge in [0.25, 0.3) is 0 Å². The number of carbonyl (C=O) groups excluding carboxylic acids is 2. The normalized spacial score (nSPS) is 48.1. The number of carbonyl (C=O) groups is 2. The highest BCUT2D eigenvalue weighted by atomic mass is 16.5. The van der Waals surface area contributed by atoms with Crippen molar-refractivity contribution in [2.45, 2.75) is 71.3 Å². The number of esters is 1. The summed E-state index contributed by atoms with van der Waals surface area (Å²) in [6.07, 6.45) is 7.72. The first kappa shape index (κ1) is 15.5.